The lowest BCUT2D eigenvalue weighted by atomic mass is 9.44. The first kappa shape index (κ1) is 18.5. The molecule has 4 fully saturated rings. The Morgan fingerprint density at radius 3 is 2.23 bits per heavy atom. The van der Waals surface area contributed by atoms with Gasteiger partial charge in [-0.3, -0.25) is 9.59 Å². The molecule has 3 nitrogen and oxygen atoms in total. The minimum atomic E-state index is -0.123. The third kappa shape index (κ3) is 2.67. The van der Waals surface area contributed by atoms with Crippen LogP contribution in [0.4, 0.5) is 0 Å². The molecular weight excluding hydrogens is 324 g/mol. The third-order valence-electron chi connectivity index (χ3n) is 9.44. The summed E-state index contributed by atoms with van der Waals surface area (Å²) in [5, 5.41) is 0. The van der Waals surface area contributed by atoms with E-state index in [-0.39, 0.29) is 17.5 Å². The molecule has 0 aliphatic heterocycles. The summed E-state index contributed by atoms with van der Waals surface area (Å²) in [5.41, 5.74) is 0.667. The Bertz CT molecular complexity index is 598. The summed E-state index contributed by atoms with van der Waals surface area (Å²) >= 11 is 0. The van der Waals surface area contributed by atoms with Crippen molar-refractivity contribution in [2.24, 2.45) is 40.4 Å². The Morgan fingerprint density at radius 1 is 0.846 bits per heavy atom. The molecule has 0 N–H and O–H groups in total. The summed E-state index contributed by atoms with van der Waals surface area (Å²) in [6.45, 7) is 8.33. The Balaban J connectivity index is 1.54. The number of hydrogen-bond donors (Lipinski definition) is 0. The van der Waals surface area contributed by atoms with Crippen molar-refractivity contribution in [3.63, 3.8) is 0 Å². The van der Waals surface area contributed by atoms with Gasteiger partial charge in [0.15, 0.2) is 0 Å². The summed E-state index contributed by atoms with van der Waals surface area (Å²) in [6, 6.07) is 0. The van der Waals surface area contributed by atoms with Gasteiger partial charge in [0.2, 0.25) is 0 Å². The zero-order valence-corrected chi connectivity index (χ0v) is 17.1. The second-order valence-corrected chi connectivity index (χ2v) is 10.4. The highest BCUT2D eigenvalue weighted by molar-refractivity contribution is 5.79. The normalized spacial score (nSPS) is 50.3. The molecule has 4 saturated carbocycles. The number of ether oxygens (including phenoxy) is 1. The van der Waals surface area contributed by atoms with E-state index in [1.54, 1.807) is 0 Å². The number of esters is 1. The molecule has 0 aromatic heterocycles. The number of carbonyl (C=O) groups is 2. The Morgan fingerprint density at radius 2 is 1.54 bits per heavy atom. The largest absolute Gasteiger partial charge is 0.463 e. The minimum absolute atomic E-state index is 0.123. The lowest BCUT2D eigenvalue weighted by molar-refractivity contribution is -0.161. The van der Waals surface area contributed by atoms with E-state index in [0.29, 0.717) is 23.0 Å². The van der Waals surface area contributed by atoms with Crippen LogP contribution in [0, 0.1) is 40.4 Å². The van der Waals surface area contributed by atoms with Gasteiger partial charge >= 0.3 is 5.97 Å². The van der Waals surface area contributed by atoms with Crippen LogP contribution in [0.5, 0.6) is 0 Å². The first-order chi connectivity index (χ1) is 12.3. The molecule has 0 saturated heterocycles. The van der Waals surface area contributed by atoms with Gasteiger partial charge in [-0.2, -0.15) is 0 Å². The molecule has 146 valence electrons. The molecule has 0 aromatic rings. The fourth-order valence-corrected chi connectivity index (χ4v) is 8.23. The van der Waals surface area contributed by atoms with Gasteiger partial charge in [0, 0.05) is 12.8 Å². The quantitative estimate of drug-likeness (QED) is 0.638. The predicted octanol–water partition coefficient (Wildman–Crippen LogP) is 5.17. The van der Waals surface area contributed by atoms with Gasteiger partial charge < -0.3 is 4.74 Å². The molecule has 26 heavy (non-hydrogen) atoms. The SMILES string of the molecule is CC(=O)O[C@H]1CCC2(C)[C@@H](CC[C@@H]3[C@@H]2CC[C@]2(C)[C@@H](C(C)=O)CC[C@@H]32)C1. The van der Waals surface area contributed by atoms with Crippen LogP contribution >= 0.6 is 0 Å². The Kier molecular flexibility index (Phi) is 4.51. The van der Waals surface area contributed by atoms with E-state index in [1.165, 1.54) is 45.4 Å². The van der Waals surface area contributed by atoms with E-state index in [9.17, 15) is 9.59 Å². The maximum Gasteiger partial charge on any atom is 0.302 e. The molecule has 3 heteroatoms. The van der Waals surface area contributed by atoms with Crippen LogP contribution in [0.25, 0.3) is 0 Å². The van der Waals surface area contributed by atoms with Crippen LogP contribution in [-0.4, -0.2) is 17.9 Å². The monoisotopic (exact) mass is 360 g/mol. The van der Waals surface area contributed by atoms with Crippen molar-refractivity contribution < 1.29 is 14.3 Å². The van der Waals surface area contributed by atoms with Crippen molar-refractivity contribution in [1.82, 2.24) is 0 Å². The van der Waals surface area contributed by atoms with Crippen LogP contribution in [0.1, 0.15) is 85.5 Å². The lowest BCUT2D eigenvalue weighted by Crippen LogP contribution is -2.54. The smallest absolute Gasteiger partial charge is 0.302 e. The Hall–Kier alpha value is -0.860. The fraction of sp³-hybridized carbons (Fsp3) is 0.913. The van der Waals surface area contributed by atoms with E-state index in [1.807, 2.05) is 6.92 Å². The van der Waals surface area contributed by atoms with Crippen LogP contribution in [0.15, 0.2) is 0 Å². The lowest BCUT2D eigenvalue weighted by Gasteiger charge is -2.61. The second kappa shape index (κ2) is 6.34. The van der Waals surface area contributed by atoms with E-state index in [2.05, 4.69) is 13.8 Å². The van der Waals surface area contributed by atoms with E-state index in [4.69, 9.17) is 4.74 Å². The van der Waals surface area contributed by atoms with Gasteiger partial charge in [0.1, 0.15) is 11.9 Å². The highest BCUT2D eigenvalue weighted by atomic mass is 16.5. The van der Waals surface area contributed by atoms with Crippen molar-refractivity contribution in [3.05, 3.63) is 0 Å². The maximum atomic E-state index is 12.2. The number of carbonyl (C=O) groups excluding carboxylic acids is 2. The first-order valence-corrected chi connectivity index (χ1v) is 10.9. The molecule has 0 radical (unpaired) electrons. The average molecular weight is 361 g/mol. The van der Waals surface area contributed by atoms with Gasteiger partial charge in [-0.05, 0) is 99.2 Å². The Labute approximate surface area is 158 Å². The summed E-state index contributed by atoms with van der Waals surface area (Å²) in [4.78, 5) is 23.6. The van der Waals surface area contributed by atoms with E-state index >= 15 is 0 Å². The molecule has 0 aromatic carbocycles. The molecule has 0 amide bonds. The van der Waals surface area contributed by atoms with Crippen LogP contribution in [0.2, 0.25) is 0 Å². The van der Waals surface area contributed by atoms with Crippen LogP contribution in [0.3, 0.4) is 0 Å². The topological polar surface area (TPSA) is 43.4 Å². The summed E-state index contributed by atoms with van der Waals surface area (Å²) in [6.07, 6.45) is 11.0. The number of fused-ring (bicyclic) bond motifs is 5. The van der Waals surface area contributed by atoms with Crippen molar-refractivity contribution in [3.8, 4) is 0 Å². The predicted molar refractivity (Wildman–Crippen MR) is 101 cm³/mol. The highest BCUT2D eigenvalue weighted by Crippen LogP contribution is 2.67. The zero-order valence-electron chi connectivity index (χ0n) is 17.1. The molecule has 1 unspecified atom stereocenters. The minimum Gasteiger partial charge on any atom is -0.463 e. The summed E-state index contributed by atoms with van der Waals surface area (Å²) in [5.74, 6) is 3.68. The van der Waals surface area contributed by atoms with Crippen molar-refractivity contribution in [2.45, 2.75) is 91.6 Å². The van der Waals surface area contributed by atoms with Crippen LogP contribution < -0.4 is 0 Å². The van der Waals surface area contributed by atoms with Gasteiger partial charge in [-0.15, -0.1) is 0 Å². The number of ketones is 1. The van der Waals surface area contributed by atoms with Gasteiger partial charge in [0.25, 0.3) is 0 Å². The number of hydrogen-bond acceptors (Lipinski definition) is 3. The summed E-state index contributed by atoms with van der Waals surface area (Å²) in [7, 11) is 0. The third-order valence-corrected chi connectivity index (χ3v) is 9.44. The van der Waals surface area contributed by atoms with Crippen LogP contribution in [-0.2, 0) is 14.3 Å². The molecule has 4 aliphatic carbocycles. The maximum absolute atomic E-state index is 12.2. The highest BCUT2D eigenvalue weighted by Gasteiger charge is 2.60. The average Bonchev–Trinajstić information content (AvgIpc) is 2.92. The van der Waals surface area contributed by atoms with Gasteiger partial charge in [0.05, 0.1) is 0 Å². The standard InChI is InChI=1S/C23H36O3/c1-14(24)19-7-8-20-18-6-5-16-13-17(26-15(2)25)9-11-22(16,3)21(18)10-12-23(19,20)4/h16-21H,5-13H2,1-4H3/t16-,17-,18-,19+,20-,21-,22?,23+/m0/s1. The molecule has 8 atom stereocenters. The summed E-state index contributed by atoms with van der Waals surface area (Å²) < 4.78 is 5.57. The first-order valence-electron chi connectivity index (χ1n) is 10.9. The second-order valence-electron chi connectivity index (χ2n) is 10.4. The number of Topliss-reactive ketones (excluding diaryl/α,β-unsaturated/α-hetero) is 1. The molecule has 4 aliphatic rings. The van der Waals surface area contributed by atoms with Crippen molar-refractivity contribution in [1.29, 1.82) is 0 Å². The molecular formula is C23H36O3. The van der Waals surface area contributed by atoms with Crippen molar-refractivity contribution in [2.75, 3.05) is 0 Å². The fourth-order valence-electron chi connectivity index (χ4n) is 8.23. The van der Waals surface area contributed by atoms with Gasteiger partial charge in [-0.25, -0.2) is 0 Å². The van der Waals surface area contributed by atoms with E-state index in [0.717, 1.165) is 37.0 Å². The molecule has 0 spiro atoms. The molecule has 0 bridgehead atoms. The molecule has 0 heterocycles. The zero-order chi connectivity index (χ0) is 18.7. The molecule has 4 rings (SSSR count). The van der Waals surface area contributed by atoms with Crippen molar-refractivity contribution >= 4 is 11.8 Å². The van der Waals surface area contributed by atoms with Gasteiger partial charge in [-0.1, -0.05) is 13.8 Å². The van der Waals surface area contributed by atoms with E-state index < -0.39 is 0 Å². The number of rotatable bonds is 2.